The van der Waals surface area contributed by atoms with E-state index in [1.807, 2.05) is 18.0 Å². The molecule has 0 saturated carbocycles. The van der Waals surface area contributed by atoms with Crippen molar-refractivity contribution in [1.29, 1.82) is 0 Å². The van der Waals surface area contributed by atoms with Crippen LogP contribution in [0.25, 0.3) is 0 Å². The van der Waals surface area contributed by atoms with Crippen molar-refractivity contribution in [2.24, 2.45) is 5.92 Å². The maximum Gasteiger partial charge on any atom is 0.306 e. The molecule has 27 heavy (non-hydrogen) atoms. The average Bonchev–Trinajstić information content (AvgIpc) is 2.92. The number of hydrogen-bond acceptors (Lipinski definition) is 6. The number of nitrogens with zero attached hydrogens (tertiary/aromatic N) is 4. The van der Waals surface area contributed by atoms with Crippen LogP contribution in [0.5, 0.6) is 0 Å². The molecule has 1 unspecified atom stereocenters. The highest BCUT2D eigenvalue weighted by Gasteiger charge is 2.24. The number of aryl methyl sites for hydroxylation is 2. The van der Waals surface area contributed by atoms with Crippen LogP contribution >= 0.6 is 0 Å². The van der Waals surface area contributed by atoms with Gasteiger partial charge in [0, 0.05) is 50.6 Å². The van der Waals surface area contributed by atoms with E-state index in [2.05, 4.69) is 9.55 Å². The summed E-state index contributed by atoms with van der Waals surface area (Å²) in [6.45, 7) is 3.37. The van der Waals surface area contributed by atoms with Crippen LogP contribution in [0.4, 0.5) is 15.3 Å². The first kappa shape index (κ1) is 19.3. The van der Waals surface area contributed by atoms with Crippen molar-refractivity contribution in [3.05, 3.63) is 51.6 Å². The van der Waals surface area contributed by atoms with Crippen LogP contribution in [0.1, 0.15) is 23.5 Å². The molecule has 2 heterocycles. The molecule has 0 spiro atoms. The molecule has 8 nitrogen and oxygen atoms in total. The molecule has 10 heteroatoms. The Hall–Kier alpha value is -2.49. The van der Waals surface area contributed by atoms with Gasteiger partial charge in [0.2, 0.25) is 0 Å². The molecule has 0 saturated heterocycles. The molecule has 0 N–H and O–H groups in total. The first-order chi connectivity index (χ1) is 12.6. The summed E-state index contributed by atoms with van der Waals surface area (Å²) in [5, 5.41) is 11.0. The maximum absolute atomic E-state index is 13.3. The second-order valence-electron chi connectivity index (χ2n) is 6.99. The van der Waals surface area contributed by atoms with Gasteiger partial charge < -0.3 is 9.47 Å². The Bertz CT molecular complexity index is 973. The van der Waals surface area contributed by atoms with Gasteiger partial charge in [-0.2, -0.15) is 8.42 Å². The molecular weight excluding hydrogens is 375 g/mol. The van der Waals surface area contributed by atoms with E-state index >= 15 is 0 Å². The molecule has 146 valence electrons. The molecule has 0 radical (unpaired) electrons. The molecule has 1 aromatic carbocycles. The summed E-state index contributed by atoms with van der Waals surface area (Å²) in [4.78, 5) is 16.7. The van der Waals surface area contributed by atoms with Crippen LogP contribution in [0.2, 0.25) is 0 Å². The molecule has 0 amide bonds. The van der Waals surface area contributed by atoms with Crippen LogP contribution in [0, 0.1) is 23.0 Å². The summed E-state index contributed by atoms with van der Waals surface area (Å²) >= 11 is 0. The molecule has 1 aliphatic rings. The van der Waals surface area contributed by atoms with Crippen molar-refractivity contribution in [2.45, 2.75) is 32.1 Å². The number of nitro groups is 1. The minimum absolute atomic E-state index is 0.0872. The van der Waals surface area contributed by atoms with Gasteiger partial charge in [0.25, 0.3) is 5.69 Å². The zero-order chi connectivity index (χ0) is 19.8. The predicted molar refractivity (Wildman–Crippen MR) is 98.9 cm³/mol. The topological polar surface area (TPSA) is 98.3 Å². The first-order valence-corrected chi connectivity index (χ1v) is 10.1. The number of non-ortho nitro benzene ring substituents is 1. The minimum atomic E-state index is -4.81. The smallest absolute Gasteiger partial charge is 0.306 e. The lowest BCUT2D eigenvalue weighted by molar-refractivity contribution is -0.384. The van der Waals surface area contributed by atoms with Gasteiger partial charge in [0.1, 0.15) is 11.6 Å². The van der Waals surface area contributed by atoms with E-state index in [1.54, 1.807) is 7.05 Å². The summed E-state index contributed by atoms with van der Waals surface area (Å²) in [6, 6.07) is 3.91. The largest absolute Gasteiger partial charge is 0.374 e. The lowest BCUT2D eigenvalue weighted by Crippen LogP contribution is -2.32. The van der Waals surface area contributed by atoms with E-state index in [9.17, 15) is 22.4 Å². The molecule has 3 rings (SSSR count). The van der Waals surface area contributed by atoms with Gasteiger partial charge in [-0.1, -0.05) is 0 Å². The number of halogens is 1. The van der Waals surface area contributed by atoms with Crippen LogP contribution in [-0.4, -0.2) is 36.5 Å². The third kappa shape index (κ3) is 4.62. The Balaban J connectivity index is 1.81. The van der Waals surface area contributed by atoms with Crippen molar-refractivity contribution >= 4 is 21.6 Å². The third-order valence-electron chi connectivity index (χ3n) is 4.76. The predicted octanol–water partition coefficient (Wildman–Crippen LogP) is 2.60. The van der Waals surface area contributed by atoms with Crippen LogP contribution in [0.15, 0.2) is 24.4 Å². The SMILES string of the molecule is Cc1cn2c(n1)CCC(CN(C)c1ccc([N+](=O)[O-])cc1CS(=O)(=O)F)C2. The van der Waals surface area contributed by atoms with Gasteiger partial charge in [-0.15, -0.1) is 3.89 Å². The Morgan fingerprint density at radius 1 is 1.44 bits per heavy atom. The minimum Gasteiger partial charge on any atom is -0.374 e. The summed E-state index contributed by atoms with van der Waals surface area (Å²) in [6.07, 6.45) is 3.80. The number of nitro benzene ring substituents is 1. The second-order valence-corrected chi connectivity index (χ2v) is 8.36. The third-order valence-corrected chi connectivity index (χ3v) is 5.41. The lowest BCUT2D eigenvalue weighted by Gasteiger charge is -2.30. The number of anilines is 1. The summed E-state index contributed by atoms with van der Waals surface area (Å²) in [5.41, 5.74) is 1.28. The Labute approximate surface area is 157 Å². The van der Waals surface area contributed by atoms with Gasteiger partial charge >= 0.3 is 10.2 Å². The Morgan fingerprint density at radius 2 is 2.19 bits per heavy atom. The van der Waals surface area contributed by atoms with Crippen LogP contribution in [0.3, 0.4) is 0 Å². The number of rotatable bonds is 6. The van der Waals surface area contributed by atoms with E-state index in [1.165, 1.54) is 12.1 Å². The highest BCUT2D eigenvalue weighted by molar-refractivity contribution is 7.85. The van der Waals surface area contributed by atoms with Crippen molar-refractivity contribution in [1.82, 2.24) is 9.55 Å². The quantitative estimate of drug-likeness (QED) is 0.423. The van der Waals surface area contributed by atoms with E-state index in [0.717, 1.165) is 37.0 Å². The number of aromatic nitrogens is 2. The standard InChI is InChI=1S/C17H21FN4O4S/c1-12-8-21-10-13(3-6-17(21)19-12)9-20(2)16-5-4-15(22(23)24)7-14(16)11-27(18,25)26/h4-5,7-8,13H,3,6,9-11H2,1-2H3. The maximum atomic E-state index is 13.3. The highest BCUT2D eigenvalue weighted by atomic mass is 32.3. The van der Waals surface area contributed by atoms with Gasteiger partial charge in [-0.3, -0.25) is 10.1 Å². The van der Waals surface area contributed by atoms with E-state index in [4.69, 9.17) is 0 Å². The zero-order valence-corrected chi connectivity index (χ0v) is 15.9. The monoisotopic (exact) mass is 396 g/mol. The van der Waals surface area contributed by atoms with Gasteiger partial charge in [-0.25, -0.2) is 4.98 Å². The molecule has 1 aliphatic heterocycles. The zero-order valence-electron chi connectivity index (χ0n) is 15.1. The van der Waals surface area contributed by atoms with Crippen molar-refractivity contribution < 1.29 is 17.2 Å². The highest BCUT2D eigenvalue weighted by Crippen LogP contribution is 2.29. The molecule has 0 aliphatic carbocycles. The fourth-order valence-corrected chi connectivity index (χ4v) is 4.25. The van der Waals surface area contributed by atoms with Crippen LogP contribution in [-0.2, 0) is 28.9 Å². The normalized spacial score (nSPS) is 16.8. The molecule has 1 aromatic heterocycles. The summed E-state index contributed by atoms with van der Waals surface area (Å²) in [7, 11) is -3.03. The Morgan fingerprint density at radius 3 is 2.85 bits per heavy atom. The number of imidazole rings is 1. The summed E-state index contributed by atoms with van der Waals surface area (Å²) < 4.78 is 37.6. The molecule has 1 atom stereocenters. The summed E-state index contributed by atoms with van der Waals surface area (Å²) in [5.74, 6) is 0.483. The molecule has 2 aromatic rings. The molecular formula is C17H21FN4O4S. The fourth-order valence-electron chi connectivity index (χ4n) is 3.65. The van der Waals surface area contributed by atoms with E-state index in [-0.39, 0.29) is 11.3 Å². The molecule has 0 fully saturated rings. The van der Waals surface area contributed by atoms with Crippen molar-refractivity contribution in [2.75, 3.05) is 18.5 Å². The van der Waals surface area contributed by atoms with Gasteiger partial charge in [0.15, 0.2) is 0 Å². The van der Waals surface area contributed by atoms with Gasteiger partial charge in [0.05, 0.1) is 10.6 Å². The van der Waals surface area contributed by atoms with Gasteiger partial charge in [-0.05, 0) is 30.9 Å². The lowest BCUT2D eigenvalue weighted by atomic mass is 9.98. The average molecular weight is 396 g/mol. The number of benzene rings is 1. The first-order valence-electron chi connectivity index (χ1n) is 8.56. The van der Waals surface area contributed by atoms with E-state index in [0.29, 0.717) is 18.2 Å². The van der Waals surface area contributed by atoms with E-state index < -0.39 is 20.9 Å². The second kappa shape index (κ2) is 7.26. The number of hydrogen-bond donors (Lipinski definition) is 0. The molecule has 0 bridgehead atoms. The van der Waals surface area contributed by atoms with Crippen LogP contribution < -0.4 is 4.90 Å². The van der Waals surface area contributed by atoms with Crippen molar-refractivity contribution in [3.8, 4) is 0 Å². The number of fused-ring (bicyclic) bond motifs is 1. The van der Waals surface area contributed by atoms with Crippen molar-refractivity contribution in [3.63, 3.8) is 0 Å². The fraction of sp³-hybridized carbons (Fsp3) is 0.471. The Kier molecular flexibility index (Phi) is 5.18.